The molecule has 3 fully saturated rings. The average molecular weight is 440 g/mol. The summed E-state index contributed by atoms with van der Waals surface area (Å²) in [4.78, 5) is 33.3. The highest BCUT2D eigenvalue weighted by molar-refractivity contribution is 6.23. The van der Waals surface area contributed by atoms with Crippen molar-refractivity contribution in [2.24, 2.45) is 34.7 Å². The van der Waals surface area contributed by atoms with Crippen molar-refractivity contribution in [2.75, 3.05) is 4.90 Å². The molecule has 2 aromatic carbocycles. The maximum atomic E-state index is 13.4. The second kappa shape index (κ2) is 6.43. The highest BCUT2D eigenvalue weighted by atomic mass is 19.4. The van der Waals surface area contributed by atoms with Gasteiger partial charge in [0.05, 0.1) is 28.8 Å². The third-order valence-electron chi connectivity index (χ3n) is 7.47. The SMILES string of the molecule is Cc1ccc(C2=NO[C@@H]3[C@@H]4C[C@@H]([C@H]5C(=O)N(c6cccc(C(F)(F)F)c6)C(=O)[C@@H]45)[C@H]23)cc1. The largest absolute Gasteiger partial charge is 0.416 e. The molecule has 2 heterocycles. The molecule has 6 rings (SSSR count). The summed E-state index contributed by atoms with van der Waals surface area (Å²) < 4.78 is 39.5. The molecule has 6 atom stereocenters. The van der Waals surface area contributed by atoms with Gasteiger partial charge in [-0.25, -0.2) is 0 Å². The van der Waals surface area contributed by atoms with Crippen LogP contribution in [0.1, 0.15) is 23.1 Å². The van der Waals surface area contributed by atoms with Crippen LogP contribution in [0.3, 0.4) is 0 Å². The fraction of sp³-hybridized carbons (Fsp3) is 0.375. The molecule has 0 N–H and O–H groups in total. The van der Waals surface area contributed by atoms with Crippen LogP contribution in [0.15, 0.2) is 53.7 Å². The molecule has 2 aliphatic carbocycles. The van der Waals surface area contributed by atoms with Gasteiger partial charge in [0.2, 0.25) is 11.8 Å². The smallest absolute Gasteiger partial charge is 0.391 e. The van der Waals surface area contributed by atoms with Gasteiger partial charge in [-0.3, -0.25) is 14.5 Å². The summed E-state index contributed by atoms with van der Waals surface area (Å²) >= 11 is 0. The number of rotatable bonds is 2. The number of oxime groups is 1. The Morgan fingerprint density at radius 3 is 2.34 bits per heavy atom. The number of hydrogen-bond acceptors (Lipinski definition) is 4. The number of carbonyl (C=O) groups excluding carboxylic acids is 2. The van der Waals surface area contributed by atoms with Gasteiger partial charge in [0.25, 0.3) is 0 Å². The standard InChI is InChI=1S/C24H19F3N2O3/c1-11-5-7-12(8-6-11)20-19-15-10-16(21(19)32-28-20)18-17(15)22(30)29(23(18)31)14-4-2-3-13(9-14)24(25,26)27/h2-9,15-19,21H,10H2,1H3/t15-,16+,17+,18-,19+,21+/m0/s1. The first-order valence-corrected chi connectivity index (χ1v) is 10.6. The van der Waals surface area contributed by atoms with Gasteiger partial charge in [0.1, 0.15) is 6.10 Å². The second-order valence-electron chi connectivity index (χ2n) is 9.11. The summed E-state index contributed by atoms with van der Waals surface area (Å²) in [5.41, 5.74) is 1.93. The molecule has 2 aliphatic heterocycles. The van der Waals surface area contributed by atoms with Gasteiger partial charge >= 0.3 is 6.18 Å². The van der Waals surface area contributed by atoms with Gasteiger partial charge in [-0.1, -0.05) is 41.1 Å². The lowest BCUT2D eigenvalue weighted by atomic mass is 9.71. The monoisotopic (exact) mass is 440 g/mol. The van der Waals surface area contributed by atoms with Crippen LogP contribution in [-0.4, -0.2) is 23.6 Å². The number of amides is 2. The number of aryl methyl sites for hydroxylation is 1. The number of nitrogens with zero attached hydrogens (tertiary/aromatic N) is 2. The van der Waals surface area contributed by atoms with E-state index in [1.807, 2.05) is 31.2 Å². The first-order valence-electron chi connectivity index (χ1n) is 10.6. The molecule has 2 amide bonds. The zero-order valence-corrected chi connectivity index (χ0v) is 17.0. The summed E-state index contributed by atoms with van der Waals surface area (Å²) in [7, 11) is 0. The summed E-state index contributed by atoms with van der Waals surface area (Å²) in [6.07, 6.45) is -4.15. The molecule has 0 aromatic heterocycles. The molecule has 164 valence electrons. The van der Waals surface area contributed by atoms with Crippen molar-refractivity contribution in [1.82, 2.24) is 0 Å². The lowest BCUT2D eigenvalue weighted by Gasteiger charge is -2.29. The van der Waals surface area contributed by atoms with Crippen LogP contribution >= 0.6 is 0 Å². The quantitative estimate of drug-likeness (QED) is 0.658. The van der Waals surface area contributed by atoms with E-state index in [0.29, 0.717) is 6.42 Å². The number of benzene rings is 2. The molecule has 2 bridgehead atoms. The van der Waals surface area contributed by atoms with Gasteiger partial charge in [-0.05, 0) is 43.0 Å². The molecule has 0 spiro atoms. The zero-order chi connectivity index (χ0) is 22.4. The number of carbonyl (C=O) groups is 2. The van der Waals surface area contributed by atoms with E-state index in [1.165, 1.54) is 12.1 Å². The Morgan fingerprint density at radius 1 is 0.969 bits per heavy atom. The van der Waals surface area contributed by atoms with Crippen molar-refractivity contribution in [3.8, 4) is 0 Å². The van der Waals surface area contributed by atoms with E-state index in [4.69, 9.17) is 4.84 Å². The predicted octanol–water partition coefficient (Wildman–Crippen LogP) is 4.19. The molecule has 32 heavy (non-hydrogen) atoms. The Hall–Kier alpha value is -3.16. The van der Waals surface area contributed by atoms with E-state index < -0.39 is 35.4 Å². The van der Waals surface area contributed by atoms with Crippen LogP contribution in [0.25, 0.3) is 0 Å². The minimum atomic E-state index is -4.55. The maximum Gasteiger partial charge on any atom is 0.416 e. The van der Waals surface area contributed by atoms with Crippen LogP contribution in [-0.2, 0) is 20.6 Å². The van der Waals surface area contributed by atoms with Crippen LogP contribution in [0.4, 0.5) is 18.9 Å². The number of alkyl halides is 3. The molecule has 0 radical (unpaired) electrons. The Kier molecular flexibility index (Phi) is 3.92. The Bertz CT molecular complexity index is 1170. The highest BCUT2D eigenvalue weighted by Gasteiger charge is 2.70. The molecular formula is C24H19F3N2O3. The van der Waals surface area contributed by atoms with Gasteiger partial charge in [0.15, 0.2) is 0 Å². The molecule has 2 saturated carbocycles. The van der Waals surface area contributed by atoms with Gasteiger partial charge in [-0.15, -0.1) is 0 Å². The highest BCUT2D eigenvalue weighted by Crippen LogP contribution is 2.62. The second-order valence-corrected chi connectivity index (χ2v) is 9.11. The van der Waals surface area contributed by atoms with E-state index in [9.17, 15) is 22.8 Å². The number of fused-ring (bicyclic) bond motifs is 8. The van der Waals surface area contributed by atoms with Crippen molar-refractivity contribution < 1.29 is 27.6 Å². The van der Waals surface area contributed by atoms with Crippen LogP contribution in [0.5, 0.6) is 0 Å². The Balaban J connectivity index is 1.34. The third kappa shape index (κ3) is 2.55. The Morgan fingerprint density at radius 2 is 1.66 bits per heavy atom. The lowest BCUT2D eigenvalue weighted by Crippen LogP contribution is -2.41. The third-order valence-corrected chi connectivity index (χ3v) is 7.47. The predicted molar refractivity (Wildman–Crippen MR) is 109 cm³/mol. The number of anilines is 1. The van der Waals surface area contributed by atoms with Gasteiger partial charge < -0.3 is 4.84 Å². The summed E-state index contributed by atoms with van der Waals surface area (Å²) in [6.45, 7) is 1.99. The number of hydrogen-bond donors (Lipinski definition) is 0. The number of halogens is 3. The minimum absolute atomic E-state index is 0.0258. The first-order chi connectivity index (χ1) is 15.3. The van der Waals surface area contributed by atoms with E-state index >= 15 is 0 Å². The topological polar surface area (TPSA) is 59.0 Å². The van der Waals surface area contributed by atoms with Crippen molar-refractivity contribution in [1.29, 1.82) is 0 Å². The molecule has 8 heteroatoms. The lowest BCUT2D eigenvalue weighted by molar-refractivity contribution is -0.137. The Labute approximate surface area is 181 Å². The van der Waals surface area contributed by atoms with E-state index in [-0.39, 0.29) is 29.5 Å². The molecular weight excluding hydrogens is 421 g/mol. The molecule has 0 unspecified atom stereocenters. The molecule has 1 saturated heterocycles. The zero-order valence-electron chi connectivity index (χ0n) is 17.0. The molecule has 2 aromatic rings. The van der Waals surface area contributed by atoms with Gasteiger partial charge in [0, 0.05) is 11.8 Å². The molecule has 4 aliphatic rings. The first kappa shape index (κ1) is 19.5. The summed E-state index contributed by atoms with van der Waals surface area (Å²) in [6, 6.07) is 12.3. The van der Waals surface area contributed by atoms with Crippen LogP contribution in [0, 0.1) is 36.5 Å². The summed E-state index contributed by atoms with van der Waals surface area (Å²) in [5.74, 6) is -2.37. The van der Waals surface area contributed by atoms with Crippen molar-refractivity contribution >= 4 is 23.2 Å². The van der Waals surface area contributed by atoms with Crippen LogP contribution in [0.2, 0.25) is 0 Å². The van der Waals surface area contributed by atoms with E-state index in [0.717, 1.165) is 33.9 Å². The normalized spacial score (nSPS) is 32.8. The van der Waals surface area contributed by atoms with Crippen molar-refractivity contribution in [3.63, 3.8) is 0 Å². The van der Waals surface area contributed by atoms with E-state index in [2.05, 4.69) is 5.16 Å². The molecule has 5 nitrogen and oxygen atoms in total. The average Bonchev–Trinajstić information content (AvgIpc) is 3.48. The van der Waals surface area contributed by atoms with Crippen LogP contribution < -0.4 is 4.90 Å². The van der Waals surface area contributed by atoms with E-state index in [1.54, 1.807) is 0 Å². The maximum absolute atomic E-state index is 13.4. The fourth-order valence-electron chi connectivity index (χ4n) is 6.16. The fourth-order valence-corrected chi connectivity index (χ4v) is 6.16. The van der Waals surface area contributed by atoms with Gasteiger partial charge in [-0.2, -0.15) is 13.2 Å². The van der Waals surface area contributed by atoms with Crippen molar-refractivity contribution in [2.45, 2.75) is 25.6 Å². The number of imide groups is 1. The van der Waals surface area contributed by atoms with Crippen molar-refractivity contribution in [3.05, 3.63) is 65.2 Å². The summed E-state index contributed by atoms with van der Waals surface area (Å²) in [5, 5.41) is 4.31. The minimum Gasteiger partial charge on any atom is -0.391 e.